The first-order chi connectivity index (χ1) is 9.16. The number of nitrogens with one attached hydrogen (secondary N) is 1. The van der Waals surface area contributed by atoms with Gasteiger partial charge in [0, 0.05) is 18.3 Å². The SMILES string of the molecule is CC1C(=O)NC(C2CC2)C(=O)N1CCc1cscn1. The molecule has 1 aliphatic carbocycles. The molecule has 0 aromatic carbocycles. The van der Waals surface area contributed by atoms with Gasteiger partial charge in [0.2, 0.25) is 11.8 Å². The summed E-state index contributed by atoms with van der Waals surface area (Å²) in [6, 6.07) is -0.666. The van der Waals surface area contributed by atoms with Gasteiger partial charge in [-0.25, -0.2) is 4.98 Å². The van der Waals surface area contributed by atoms with Crippen LogP contribution in [0.25, 0.3) is 0 Å². The Morgan fingerprint density at radius 3 is 2.89 bits per heavy atom. The van der Waals surface area contributed by atoms with Crippen LogP contribution in [0.15, 0.2) is 10.9 Å². The second kappa shape index (κ2) is 4.92. The summed E-state index contributed by atoms with van der Waals surface area (Å²) in [6.07, 6.45) is 2.81. The molecular formula is C13H17N3O2S. The van der Waals surface area contributed by atoms with E-state index in [1.807, 2.05) is 5.38 Å². The standard InChI is InChI=1S/C13H17N3O2S/c1-8-12(17)15-11(9-2-3-9)13(18)16(8)5-4-10-6-19-7-14-10/h6-9,11H,2-5H2,1H3,(H,15,17). The average molecular weight is 279 g/mol. The highest BCUT2D eigenvalue weighted by Gasteiger charge is 2.45. The van der Waals surface area contributed by atoms with Gasteiger partial charge >= 0.3 is 0 Å². The van der Waals surface area contributed by atoms with Crippen LogP contribution in [0.3, 0.4) is 0 Å². The van der Waals surface area contributed by atoms with E-state index in [0.29, 0.717) is 18.9 Å². The van der Waals surface area contributed by atoms with Gasteiger partial charge in [-0.2, -0.15) is 0 Å². The van der Waals surface area contributed by atoms with E-state index in [9.17, 15) is 9.59 Å². The molecule has 2 unspecified atom stereocenters. The zero-order valence-electron chi connectivity index (χ0n) is 10.8. The molecule has 2 atom stereocenters. The van der Waals surface area contributed by atoms with Gasteiger partial charge in [-0.1, -0.05) is 0 Å². The Morgan fingerprint density at radius 2 is 2.26 bits per heavy atom. The predicted molar refractivity (Wildman–Crippen MR) is 71.6 cm³/mol. The van der Waals surface area contributed by atoms with Crippen LogP contribution in [0.5, 0.6) is 0 Å². The second-order valence-corrected chi connectivity index (χ2v) is 5.98. The van der Waals surface area contributed by atoms with E-state index in [1.165, 1.54) is 0 Å². The number of hydrogen-bond donors (Lipinski definition) is 1. The fourth-order valence-electron chi connectivity index (χ4n) is 2.50. The minimum absolute atomic E-state index is 0.0326. The third kappa shape index (κ3) is 2.49. The molecule has 1 saturated carbocycles. The molecule has 1 N–H and O–H groups in total. The van der Waals surface area contributed by atoms with Crippen LogP contribution >= 0.6 is 11.3 Å². The monoisotopic (exact) mass is 279 g/mol. The predicted octanol–water partition coefficient (Wildman–Crippen LogP) is 0.811. The van der Waals surface area contributed by atoms with E-state index in [-0.39, 0.29) is 23.9 Å². The van der Waals surface area contributed by atoms with Crippen LogP contribution in [-0.4, -0.2) is 40.3 Å². The normalized spacial score (nSPS) is 27.5. The van der Waals surface area contributed by atoms with Crippen molar-refractivity contribution in [1.82, 2.24) is 15.2 Å². The quantitative estimate of drug-likeness (QED) is 0.887. The van der Waals surface area contributed by atoms with Crippen molar-refractivity contribution in [2.45, 2.75) is 38.3 Å². The molecule has 1 saturated heterocycles. The molecule has 102 valence electrons. The van der Waals surface area contributed by atoms with Crippen molar-refractivity contribution in [3.8, 4) is 0 Å². The largest absolute Gasteiger partial charge is 0.342 e. The van der Waals surface area contributed by atoms with Crippen LogP contribution in [0.1, 0.15) is 25.5 Å². The zero-order chi connectivity index (χ0) is 13.4. The second-order valence-electron chi connectivity index (χ2n) is 5.26. The van der Waals surface area contributed by atoms with Gasteiger partial charge in [0.15, 0.2) is 0 Å². The molecule has 6 heteroatoms. The van der Waals surface area contributed by atoms with Gasteiger partial charge in [-0.3, -0.25) is 9.59 Å². The molecule has 2 fully saturated rings. The molecule has 2 aliphatic rings. The maximum absolute atomic E-state index is 12.4. The maximum Gasteiger partial charge on any atom is 0.246 e. The van der Waals surface area contributed by atoms with E-state index in [4.69, 9.17) is 0 Å². The van der Waals surface area contributed by atoms with Crippen LogP contribution in [0, 0.1) is 5.92 Å². The number of carbonyl (C=O) groups is 2. The van der Waals surface area contributed by atoms with Crippen LogP contribution in [0.2, 0.25) is 0 Å². The lowest BCUT2D eigenvalue weighted by Crippen LogP contribution is -2.63. The molecule has 1 aliphatic heterocycles. The Kier molecular flexibility index (Phi) is 3.26. The number of amides is 2. The minimum Gasteiger partial charge on any atom is -0.342 e. The Labute approximate surface area is 116 Å². The number of carbonyl (C=O) groups excluding carboxylic acids is 2. The number of hydrogen-bond acceptors (Lipinski definition) is 4. The number of aromatic nitrogens is 1. The summed E-state index contributed by atoms with van der Waals surface area (Å²) in [7, 11) is 0. The Balaban J connectivity index is 1.69. The Bertz CT molecular complexity index is 484. The molecule has 0 spiro atoms. The first kappa shape index (κ1) is 12.6. The highest BCUT2D eigenvalue weighted by atomic mass is 32.1. The lowest BCUT2D eigenvalue weighted by atomic mass is 10.0. The molecule has 1 aromatic heterocycles. The molecule has 0 radical (unpaired) electrons. The van der Waals surface area contributed by atoms with Crippen molar-refractivity contribution < 1.29 is 9.59 Å². The summed E-state index contributed by atoms with van der Waals surface area (Å²) < 4.78 is 0. The number of piperazine rings is 1. The third-order valence-electron chi connectivity index (χ3n) is 3.88. The summed E-state index contributed by atoms with van der Waals surface area (Å²) in [6.45, 7) is 2.36. The fraction of sp³-hybridized carbons (Fsp3) is 0.615. The summed E-state index contributed by atoms with van der Waals surface area (Å²) >= 11 is 1.55. The molecule has 1 aromatic rings. The molecule has 3 rings (SSSR count). The van der Waals surface area contributed by atoms with E-state index in [0.717, 1.165) is 18.5 Å². The van der Waals surface area contributed by atoms with Crippen LogP contribution in [-0.2, 0) is 16.0 Å². The van der Waals surface area contributed by atoms with Gasteiger partial charge in [0.1, 0.15) is 12.1 Å². The van der Waals surface area contributed by atoms with E-state index in [2.05, 4.69) is 10.3 Å². The van der Waals surface area contributed by atoms with Gasteiger partial charge in [0.25, 0.3) is 0 Å². The number of rotatable bonds is 4. The lowest BCUT2D eigenvalue weighted by molar-refractivity contribution is -0.149. The summed E-state index contributed by atoms with van der Waals surface area (Å²) in [5.41, 5.74) is 2.77. The van der Waals surface area contributed by atoms with Crippen LogP contribution < -0.4 is 5.32 Å². The van der Waals surface area contributed by atoms with E-state index in [1.54, 1.807) is 28.7 Å². The topological polar surface area (TPSA) is 62.3 Å². The van der Waals surface area contributed by atoms with Gasteiger partial charge in [0.05, 0.1) is 11.2 Å². The number of nitrogens with zero attached hydrogens (tertiary/aromatic N) is 2. The molecule has 2 amide bonds. The molecule has 2 heterocycles. The van der Waals surface area contributed by atoms with E-state index < -0.39 is 0 Å². The fourth-order valence-corrected chi connectivity index (χ4v) is 3.09. The lowest BCUT2D eigenvalue weighted by Gasteiger charge is -2.37. The summed E-state index contributed by atoms with van der Waals surface area (Å²) in [5.74, 6) is 0.394. The first-order valence-corrected chi connectivity index (χ1v) is 7.59. The maximum atomic E-state index is 12.4. The van der Waals surface area contributed by atoms with Gasteiger partial charge in [-0.15, -0.1) is 11.3 Å². The highest BCUT2D eigenvalue weighted by Crippen LogP contribution is 2.35. The van der Waals surface area contributed by atoms with Crippen LogP contribution in [0.4, 0.5) is 0 Å². The molecule has 19 heavy (non-hydrogen) atoms. The zero-order valence-corrected chi connectivity index (χ0v) is 11.7. The summed E-state index contributed by atoms with van der Waals surface area (Å²) in [5, 5.41) is 4.84. The highest BCUT2D eigenvalue weighted by molar-refractivity contribution is 7.07. The van der Waals surface area contributed by atoms with Crippen molar-refractivity contribution in [2.24, 2.45) is 5.92 Å². The molecular weight excluding hydrogens is 262 g/mol. The smallest absolute Gasteiger partial charge is 0.246 e. The van der Waals surface area contributed by atoms with Crippen molar-refractivity contribution in [1.29, 1.82) is 0 Å². The van der Waals surface area contributed by atoms with Gasteiger partial charge in [-0.05, 0) is 25.7 Å². The van der Waals surface area contributed by atoms with E-state index >= 15 is 0 Å². The van der Waals surface area contributed by atoms with Gasteiger partial charge < -0.3 is 10.2 Å². The average Bonchev–Trinajstić information content (AvgIpc) is 3.10. The van der Waals surface area contributed by atoms with Crippen molar-refractivity contribution >= 4 is 23.2 Å². The molecule has 0 bridgehead atoms. The van der Waals surface area contributed by atoms with Crippen molar-refractivity contribution in [3.63, 3.8) is 0 Å². The summed E-state index contributed by atoms with van der Waals surface area (Å²) in [4.78, 5) is 30.3. The Morgan fingerprint density at radius 1 is 1.47 bits per heavy atom. The molecule has 5 nitrogen and oxygen atoms in total. The minimum atomic E-state index is -0.374. The Hall–Kier alpha value is -1.43. The van der Waals surface area contributed by atoms with Crippen molar-refractivity contribution in [2.75, 3.05) is 6.54 Å². The first-order valence-electron chi connectivity index (χ1n) is 6.64. The number of thiazole rings is 1. The van der Waals surface area contributed by atoms with Crippen molar-refractivity contribution in [3.05, 3.63) is 16.6 Å². The third-order valence-corrected chi connectivity index (χ3v) is 4.51.